The molecule has 0 amide bonds. The summed E-state index contributed by atoms with van der Waals surface area (Å²) in [6.07, 6.45) is -9.89. The van der Waals surface area contributed by atoms with E-state index in [-0.39, 0.29) is 0 Å². The van der Waals surface area contributed by atoms with Gasteiger partial charge in [0.2, 0.25) is 0 Å². The quantitative estimate of drug-likeness (QED) is 0.192. The second-order valence-corrected chi connectivity index (χ2v) is 9.62. The van der Waals surface area contributed by atoms with Crippen molar-refractivity contribution in [1.82, 2.24) is 9.13 Å². The Bertz CT molecular complexity index is 1840. The molecule has 5 aromatic carbocycles. The molecule has 2 nitrogen and oxygen atoms in total. The molecule has 0 saturated heterocycles. The maximum atomic E-state index is 14.8. The van der Waals surface area contributed by atoms with Crippen LogP contribution in [0.4, 0.5) is 26.3 Å². The van der Waals surface area contributed by atoms with Gasteiger partial charge in [-0.2, -0.15) is 26.3 Å². The van der Waals surface area contributed by atoms with Crippen molar-refractivity contribution in [3.05, 3.63) is 120 Å². The highest BCUT2D eigenvalue weighted by Crippen LogP contribution is 2.45. The molecule has 0 unspecified atom stereocenters. The lowest BCUT2D eigenvalue weighted by Crippen LogP contribution is -2.17. The average Bonchev–Trinajstić information content (AvgIpc) is 3.45. The van der Waals surface area contributed by atoms with Crippen molar-refractivity contribution in [3.8, 4) is 11.4 Å². The predicted molar refractivity (Wildman–Crippen MR) is 145 cm³/mol. The third-order valence-electron chi connectivity index (χ3n) is 7.37. The van der Waals surface area contributed by atoms with Gasteiger partial charge in [-0.1, -0.05) is 72.8 Å². The molecule has 0 aliphatic rings. The van der Waals surface area contributed by atoms with Crippen molar-refractivity contribution in [1.29, 1.82) is 0 Å². The molecular weight excluding hydrogens is 526 g/mol. The molecule has 0 radical (unpaired) electrons. The van der Waals surface area contributed by atoms with Crippen LogP contribution in [0.2, 0.25) is 0 Å². The molecule has 0 bridgehead atoms. The van der Waals surface area contributed by atoms with Crippen LogP contribution in [-0.4, -0.2) is 9.13 Å². The first-order chi connectivity index (χ1) is 19.1. The summed E-state index contributed by atoms with van der Waals surface area (Å²) >= 11 is 0. The van der Waals surface area contributed by atoms with Gasteiger partial charge in [-0.25, -0.2) is 0 Å². The first kappa shape index (κ1) is 24.3. The molecule has 40 heavy (non-hydrogen) atoms. The number of fused-ring (bicyclic) bond motifs is 6. The second-order valence-electron chi connectivity index (χ2n) is 9.62. The van der Waals surface area contributed by atoms with Gasteiger partial charge in [0.1, 0.15) is 0 Å². The topological polar surface area (TPSA) is 9.86 Å². The maximum Gasteiger partial charge on any atom is 0.418 e. The molecule has 0 atom stereocenters. The third kappa shape index (κ3) is 3.52. The van der Waals surface area contributed by atoms with Crippen LogP contribution in [0, 0.1) is 0 Å². The van der Waals surface area contributed by atoms with E-state index >= 15 is 0 Å². The Kier molecular flexibility index (Phi) is 5.10. The van der Waals surface area contributed by atoms with E-state index in [1.807, 2.05) is 0 Å². The Labute approximate surface area is 223 Å². The van der Waals surface area contributed by atoms with Crippen LogP contribution in [0.25, 0.3) is 55.0 Å². The van der Waals surface area contributed by atoms with Crippen molar-refractivity contribution < 1.29 is 26.3 Å². The molecule has 198 valence electrons. The van der Waals surface area contributed by atoms with E-state index < -0.39 is 34.9 Å². The van der Waals surface area contributed by atoms with Gasteiger partial charge in [0, 0.05) is 21.5 Å². The van der Waals surface area contributed by atoms with Crippen LogP contribution in [0.3, 0.4) is 0 Å². The van der Waals surface area contributed by atoms with E-state index in [1.165, 1.54) is 9.13 Å². The zero-order valence-electron chi connectivity index (χ0n) is 20.6. The summed E-state index contributed by atoms with van der Waals surface area (Å²) in [5.74, 6) is 0. The van der Waals surface area contributed by atoms with Gasteiger partial charge in [0.15, 0.2) is 0 Å². The van der Waals surface area contributed by atoms with E-state index in [0.717, 1.165) is 0 Å². The highest BCUT2D eigenvalue weighted by molar-refractivity contribution is 6.10. The van der Waals surface area contributed by atoms with E-state index in [1.54, 1.807) is 97.1 Å². The summed E-state index contributed by atoms with van der Waals surface area (Å²) in [5, 5.41) is 2.58. The van der Waals surface area contributed by atoms with E-state index in [9.17, 15) is 26.3 Å². The van der Waals surface area contributed by atoms with E-state index in [2.05, 4.69) is 0 Å². The lowest BCUT2D eigenvalue weighted by Gasteiger charge is -2.22. The Balaban J connectivity index is 1.66. The molecule has 7 rings (SSSR count). The van der Waals surface area contributed by atoms with Crippen LogP contribution < -0.4 is 0 Å². The van der Waals surface area contributed by atoms with Gasteiger partial charge in [-0.3, -0.25) is 0 Å². The molecule has 0 N–H and O–H groups in total. The first-order valence-electron chi connectivity index (χ1n) is 12.4. The smallest absolute Gasteiger partial charge is 0.309 e. The number of benzene rings is 5. The zero-order valence-corrected chi connectivity index (χ0v) is 20.6. The van der Waals surface area contributed by atoms with Crippen LogP contribution in [0.1, 0.15) is 11.1 Å². The van der Waals surface area contributed by atoms with Crippen LogP contribution in [0.15, 0.2) is 109 Å². The molecule has 2 heterocycles. The monoisotopic (exact) mass is 544 g/mol. The largest absolute Gasteiger partial charge is 0.418 e. The average molecular weight is 544 g/mol. The van der Waals surface area contributed by atoms with Gasteiger partial charge >= 0.3 is 12.4 Å². The predicted octanol–water partition coefficient (Wildman–Crippen LogP) is 9.92. The number of hydrogen-bond acceptors (Lipinski definition) is 0. The summed E-state index contributed by atoms with van der Waals surface area (Å²) in [7, 11) is 0. The molecule has 0 fully saturated rings. The number of para-hydroxylation sites is 4. The van der Waals surface area contributed by atoms with E-state index in [4.69, 9.17) is 0 Å². The lowest BCUT2D eigenvalue weighted by atomic mass is 10.0. The minimum absolute atomic E-state index is 0.381. The van der Waals surface area contributed by atoms with Gasteiger partial charge < -0.3 is 9.13 Å². The number of hydrogen-bond donors (Lipinski definition) is 0. The molecule has 0 spiro atoms. The number of alkyl halides is 6. The number of halogens is 6. The summed E-state index contributed by atoms with van der Waals surface area (Å²) in [6.45, 7) is 0. The van der Waals surface area contributed by atoms with Crippen LogP contribution >= 0.6 is 0 Å². The van der Waals surface area contributed by atoms with Gasteiger partial charge in [0.25, 0.3) is 0 Å². The van der Waals surface area contributed by atoms with Crippen molar-refractivity contribution in [2.24, 2.45) is 0 Å². The molecule has 8 heteroatoms. The number of nitrogens with zero attached hydrogens (tertiary/aromatic N) is 2. The Hall–Kier alpha value is -4.72. The summed E-state index contributed by atoms with van der Waals surface area (Å²) in [5.41, 5.74) is -1.96. The van der Waals surface area contributed by atoms with Gasteiger partial charge in [-0.05, 0) is 36.4 Å². The lowest BCUT2D eigenvalue weighted by molar-refractivity contribution is -0.141. The maximum absolute atomic E-state index is 14.8. The molecule has 0 aliphatic heterocycles. The number of aromatic nitrogens is 2. The Morgan fingerprint density at radius 1 is 0.375 bits per heavy atom. The fraction of sp³-hybridized carbons (Fsp3) is 0.0625. The Morgan fingerprint density at radius 3 is 0.875 bits per heavy atom. The fourth-order valence-electron chi connectivity index (χ4n) is 5.77. The second kappa shape index (κ2) is 8.39. The highest BCUT2D eigenvalue weighted by Gasteiger charge is 2.41. The summed E-state index contributed by atoms with van der Waals surface area (Å²) < 4.78 is 91.4. The molecule has 0 aliphatic carbocycles. The van der Waals surface area contributed by atoms with Crippen LogP contribution in [-0.2, 0) is 12.4 Å². The normalized spacial score (nSPS) is 12.8. The SMILES string of the molecule is FC(F)(F)c1cc(-n2c3ccccc3c3ccccc32)c(C(F)(F)F)cc1-n1c2ccccc2c2ccccc21. The standard InChI is InChI=1S/C32H18F6N2/c33-31(34,35)23-18-30(40-27-15-7-3-11-21(27)22-12-4-8-16-28(22)40)24(32(36,37)38)17-29(23)39-25-13-5-1-9-19(25)20-10-2-6-14-26(20)39/h1-18H. The van der Waals surface area contributed by atoms with Gasteiger partial charge in [0.05, 0.1) is 44.6 Å². The molecule has 7 aromatic rings. The third-order valence-corrected chi connectivity index (χ3v) is 7.37. The van der Waals surface area contributed by atoms with Crippen molar-refractivity contribution in [2.75, 3.05) is 0 Å². The Morgan fingerprint density at radius 2 is 0.625 bits per heavy atom. The van der Waals surface area contributed by atoms with Crippen LogP contribution in [0.5, 0.6) is 0 Å². The van der Waals surface area contributed by atoms with Crippen molar-refractivity contribution in [2.45, 2.75) is 12.4 Å². The zero-order chi connectivity index (χ0) is 27.8. The fourth-order valence-corrected chi connectivity index (χ4v) is 5.77. The molecular formula is C32H18F6N2. The van der Waals surface area contributed by atoms with Crippen molar-refractivity contribution >= 4 is 43.6 Å². The summed E-state index contributed by atoms with van der Waals surface area (Å²) in [6, 6.07) is 28.3. The van der Waals surface area contributed by atoms with Crippen molar-refractivity contribution in [3.63, 3.8) is 0 Å². The number of rotatable bonds is 2. The molecule has 0 saturated carbocycles. The summed E-state index contributed by atoms with van der Waals surface area (Å²) in [4.78, 5) is 0. The van der Waals surface area contributed by atoms with Gasteiger partial charge in [-0.15, -0.1) is 0 Å². The highest BCUT2D eigenvalue weighted by atomic mass is 19.4. The minimum Gasteiger partial charge on any atom is -0.309 e. The molecule has 2 aromatic heterocycles. The minimum atomic E-state index is -4.94. The van der Waals surface area contributed by atoms with E-state index in [0.29, 0.717) is 55.7 Å². The first-order valence-corrected chi connectivity index (χ1v) is 12.4.